The minimum absolute atomic E-state index is 0.439. The number of aromatic nitrogens is 2. The predicted octanol–water partition coefficient (Wildman–Crippen LogP) is 3.31. The number of hydrogen-bond donors (Lipinski definition) is 1. The molecule has 3 heteroatoms. The summed E-state index contributed by atoms with van der Waals surface area (Å²) in [4.78, 5) is 0. The number of rotatable bonds is 6. The molecule has 0 saturated heterocycles. The maximum absolute atomic E-state index is 4.29. The van der Waals surface area contributed by atoms with Crippen molar-refractivity contribution in [3.63, 3.8) is 0 Å². The molecule has 0 aliphatic heterocycles. The van der Waals surface area contributed by atoms with Gasteiger partial charge in [-0.25, -0.2) is 0 Å². The highest BCUT2D eigenvalue weighted by Gasteiger charge is 2.03. The van der Waals surface area contributed by atoms with Crippen molar-refractivity contribution in [1.82, 2.24) is 9.78 Å². The molecule has 1 N–H and O–H groups in total. The molecule has 0 bridgehead atoms. The highest BCUT2D eigenvalue weighted by Crippen LogP contribution is 2.11. The van der Waals surface area contributed by atoms with Gasteiger partial charge in [0, 0.05) is 18.8 Å². The van der Waals surface area contributed by atoms with Crippen LogP contribution in [0.4, 0.5) is 5.69 Å². The van der Waals surface area contributed by atoms with E-state index in [1.807, 2.05) is 10.9 Å². The normalized spacial score (nSPS) is 13.1. The lowest BCUT2D eigenvalue weighted by Crippen LogP contribution is -2.10. The SMILES string of the molecule is CCCC(C)CNc1cnn(C(C)C)c1. The van der Waals surface area contributed by atoms with E-state index < -0.39 is 0 Å². The molecule has 1 rings (SSSR count). The Hall–Kier alpha value is -0.990. The van der Waals surface area contributed by atoms with Gasteiger partial charge >= 0.3 is 0 Å². The van der Waals surface area contributed by atoms with Crippen LogP contribution >= 0.6 is 0 Å². The second kappa shape index (κ2) is 5.79. The Kier molecular flexibility index (Phi) is 4.66. The Morgan fingerprint density at radius 1 is 1.40 bits per heavy atom. The molecule has 1 aromatic rings. The van der Waals surface area contributed by atoms with E-state index >= 15 is 0 Å². The zero-order valence-electron chi connectivity index (χ0n) is 10.3. The van der Waals surface area contributed by atoms with Crippen LogP contribution in [0.15, 0.2) is 12.4 Å². The van der Waals surface area contributed by atoms with E-state index in [9.17, 15) is 0 Å². The molecule has 1 atom stereocenters. The number of anilines is 1. The van der Waals surface area contributed by atoms with E-state index in [-0.39, 0.29) is 0 Å². The lowest BCUT2D eigenvalue weighted by molar-refractivity contribution is 0.532. The fourth-order valence-corrected chi connectivity index (χ4v) is 1.60. The first kappa shape index (κ1) is 12.1. The summed E-state index contributed by atoms with van der Waals surface area (Å²) < 4.78 is 1.98. The van der Waals surface area contributed by atoms with Crippen LogP contribution < -0.4 is 5.32 Å². The van der Waals surface area contributed by atoms with Gasteiger partial charge in [-0.15, -0.1) is 0 Å². The monoisotopic (exact) mass is 209 g/mol. The Bertz CT molecular complexity index is 278. The largest absolute Gasteiger partial charge is 0.382 e. The highest BCUT2D eigenvalue weighted by atomic mass is 15.3. The Labute approximate surface area is 92.9 Å². The van der Waals surface area contributed by atoms with E-state index in [0.717, 1.165) is 18.2 Å². The van der Waals surface area contributed by atoms with Crippen LogP contribution in [0.3, 0.4) is 0 Å². The van der Waals surface area contributed by atoms with Crippen molar-refractivity contribution < 1.29 is 0 Å². The van der Waals surface area contributed by atoms with E-state index in [4.69, 9.17) is 0 Å². The fourth-order valence-electron chi connectivity index (χ4n) is 1.60. The van der Waals surface area contributed by atoms with E-state index in [2.05, 4.69) is 44.3 Å². The Balaban J connectivity index is 2.37. The summed E-state index contributed by atoms with van der Waals surface area (Å²) in [6.45, 7) is 9.82. The molecule has 0 aliphatic rings. The van der Waals surface area contributed by atoms with E-state index in [0.29, 0.717) is 6.04 Å². The zero-order chi connectivity index (χ0) is 11.3. The molecule has 0 aromatic carbocycles. The molecular formula is C12H23N3. The van der Waals surface area contributed by atoms with Crippen LogP contribution in [0.25, 0.3) is 0 Å². The quantitative estimate of drug-likeness (QED) is 0.779. The smallest absolute Gasteiger partial charge is 0.0726 e. The van der Waals surface area contributed by atoms with Crippen LogP contribution in [0.5, 0.6) is 0 Å². The maximum atomic E-state index is 4.29. The molecule has 0 saturated carbocycles. The second-order valence-corrected chi connectivity index (χ2v) is 4.58. The first-order chi connectivity index (χ1) is 7.13. The van der Waals surface area contributed by atoms with Crippen molar-refractivity contribution in [3.05, 3.63) is 12.4 Å². The molecule has 1 heterocycles. The van der Waals surface area contributed by atoms with Gasteiger partial charge < -0.3 is 5.32 Å². The Morgan fingerprint density at radius 2 is 2.13 bits per heavy atom. The third-order valence-corrected chi connectivity index (χ3v) is 2.57. The topological polar surface area (TPSA) is 29.9 Å². The van der Waals surface area contributed by atoms with Gasteiger partial charge in [-0.3, -0.25) is 4.68 Å². The molecule has 0 amide bonds. The second-order valence-electron chi connectivity index (χ2n) is 4.58. The summed E-state index contributed by atoms with van der Waals surface area (Å²) >= 11 is 0. The van der Waals surface area contributed by atoms with Crippen LogP contribution in [0, 0.1) is 5.92 Å². The maximum Gasteiger partial charge on any atom is 0.0726 e. The van der Waals surface area contributed by atoms with Gasteiger partial charge in [0.2, 0.25) is 0 Å². The minimum atomic E-state index is 0.439. The molecule has 1 aromatic heterocycles. The van der Waals surface area contributed by atoms with Crippen molar-refractivity contribution in [2.45, 2.75) is 46.6 Å². The van der Waals surface area contributed by atoms with Gasteiger partial charge in [0.25, 0.3) is 0 Å². The van der Waals surface area contributed by atoms with Crippen LogP contribution in [0.1, 0.15) is 46.6 Å². The molecule has 0 aliphatic carbocycles. The van der Waals surface area contributed by atoms with Crippen molar-refractivity contribution in [2.24, 2.45) is 5.92 Å². The third-order valence-electron chi connectivity index (χ3n) is 2.57. The van der Waals surface area contributed by atoms with Crippen molar-refractivity contribution in [1.29, 1.82) is 0 Å². The van der Waals surface area contributed by atoms with Gasteiger partial charge in [0.1, 0.15) is 0 Å². The first-order valence-corrected chi connectivity index (χ1v) is 5.91. The number of nitrogens with zero attached hydrogens (tertiary/aromatic N) is 2. The summed E-state index contributed by atoms with van der Waals surface area (Å²) in [6, 6.07) is 0.439. The average molecular weight is 209 g/mol. The van der Waals surface area contributed by atoms with Gasteiger partial charge in [-0.2, -0.15) is 5.10 Å². The lowest BCUT2D eigenvalue weighted by Gasteiger charge is -2.10. The molecule has 0 spiro atoms. The highest BCUT2D eigenvalue weighted by molar-refractivity contribution is 5.38. The first-order valence-electron chi connectivity index (χ1n) is 5.91. The summed E-state index contributed by atoms with van der Waals surface area (Å²) in [5, 5.41) is 7.71. The summed E-state index contributed by atoms with van der Waals surface area (Å²) in [7, 11) is 0. The van der Waals surface area contributed by atoms with Crippen LogP contribution in [-0.2, 0) is 0 Å². The van der Waals surface area contributed by atoms with Crippen molar-refractivity contribution in [2.75, 3.05) is 11.9 Å². The van der Waals surface area contributed by atoms with Gasteiger partial charge in [-0.1, -0.05) is 20.3 Å². The summed E-state index contributed by atoms with van der Waals surface area (Å²) in [5.74, 6) is 0.734. The van der Waals surface area contributed by atoms with Gasteiger partial charge in [0.15, 0.2) is 0 Å². The standard InChI is InChI=1S/C12H23N3/c1-5-6-11(4)7-13-12-8-14-15(9-12)10(2)3/h8-11,13H,5-7H2,1-4H3. The molecule has 3 nitrogen and oxygen atoms in total. The zero-order valence-corrected chi connectivity index (χ0v) is 10.3. The number of nitrogens with one attached hydrogen (secondary N) is 1. The van der Waals surface area contributed by atoms with E-state index in [1.54, 1.807) is 0 Å². The molecule has 86 valence electrons. The summed E-state index contributed by atoms with van der Waals surface area (Å²) in [5.41, 5.74) is 1.13. The van der Waals surface area contributed by atoms with Crippen molar-refractivity contribution in [3.8, 4) is 0 Å². The third kappa shape index (κ3) is 3.94. The van der Waals surface area contributed by atoms with E-state index in [1.165, 1.54) is 12.8 Å². The Morgan fingerprint density at radius 3 is 2.67 bits per heavy atom. The van der Waals surface area contributed by atoms with Crippen LogP contribution in [-0.4, -0.2) is 16.3 Å². The average Bonchev–Trinajstić information content (AvgIpc) is 2.63. The minimum Gasteiger partial charge on any atom is -0.382 e. The van der Waals surface area contributed by atoms with Gasteiger partial charge in [0.05, 0.1) is 11.9 Å². The van der Waals surface area contributed by atoms with Gasteiger partial charge in [-0.05, 0) is 26.2 Å². The number of hydrogen-bond acceptors (Lipinski definition) is 2. The fraction of sp³-hybridized carbons (Fsp3) is 0.750. The molecule has 0 fully saturated rings. The van der Waals surface area contributed by atoms with Crippen LogP contribution in [0.2, 0.25) is 0 Å². The molecule has 15 heavy (non-hydrogen) atoms. The molecular weight excluding hydrogens is 186 g/mol. The lowest BCUT2D eigenvalue weighted by atomic mass is 10.1. The molecule has 0 radical (unpaired) electrons. The van der Waals surface area contributed by atoms with Crippen molar-refractivity contribution >= 4 is 5.69 Å². The summed E-state index contributed by atoms with van der Waals surface area (Å²) in [6.07, 6.45) is 6.52. The predicted molar refractivity (Wildman–Crippen MR) is 65.2 cm³/mol. The molecule has 1 unspecified atom stereocenters.